The van der Waals surface area contributed by atoms with Crippen molar-refractivity contribution >= 4 is 0 Å². The minimum Gasteiger partial charge on any atom is -0.368 e. The zero-order valence-electron chi connectivity index (χ0n) is 10.3. The van der Waals surface area contributed by atoms with Gasteiger partial charge in [0.2, 0.25) is 0 Å². The van der Waals surface area contributed by atoms with E-state index in [0.717, 1.165) is 32.1 Å². The van der Waals surface area contributed by atoms with Crippen molar-refractivity contribution in [3.8, 4) is 0 Å². The van der Waals surface area contributed by atoms with Crippen molar-refractivity contribution in [1.82, 2.24) is 0 Å². The van der Waals surface area contributed by atoms with Gasteiger partial charge in [-0.05, 0) is 37.6 Å². The second-order valence-corrected chi connectivity index (χ2v) is 4.93. The predicted octanol–water partition coefficient (Wildman–Crippen LogP) is 3.11. The van der Waals surface area contributed by atoms with E-state index in [2.05, 4.69) is 6.92 Å². The molecule has 0 aromatic rings. The zero-order valence-corrected chi connectivity index (χ0v) is 10.3. The van der Waals surface area contributed by atoms with Crippen LogP contribution in [-0.2, 0) is 4.74 Å². The monoisotopic (exact) mass is 253 g/mol. The molecule has 1 fully saturated rings. The number of nitrogens with two attached hydrogens (primary N) is 1. The molecule has 1 saturated carbocycles. The van der Waals surface area contributed by atoms with Crippen LogP contribution in [0.15, 0.2) is 0 Å². The molecule has 3 atom stereocenters. The van der Waals surface area contributed by atoms with Crippen LogP contribution < -0.4 is 5.73 Å². The minimum atomic E-state index is -4.24. The summed E-state index contributed by atoms with van der Waals surface area (Å²) in [7, 11) is 0. The van der Waals surface area contributed by atoms with E-state index >= 15 is 0 Å². The van der Waals surface area contributed by atoms with Gasteiger partial charge < -0.3 is 10.5 Å². The van der Waals surface area contributed by atoms with Crippen molar-refractivity contribution in [1.29, 1.82) is 0 Å². The van der Waals surface area contributed by atoms with E-state index in [9.17, 15) is 13.2 Å². The van der Waals surface area contributed by atoms with Crippen molar-refractivity contribution in [3.05, 3.63) is 0 Å². The second-order valence-electron chi connectivity index (χ2n) is 4.93. The standard InChI is InChI=1S/C12H22F3NO/c1-2-3-9-4-5-10(7-16)11(6-9)17-8-12(13,14)15/h9-11H,2-8,16H2,1H3. The molecule has 0 amide bonds. The van der Waals surface area contributed by atoms with Gasteiger partial charge in [0.05, 0.1) is 6.10 Å². The number of hydrogen-bond acceptors (Lipinski definition) is 2. The van der Waals surface area contributed by atoms with Crippen molar-refractivity contribution in [3.63, 3.8) is 0 Å². The van der Waals surface area contributed by atoms with Crippen LogP contribution in [0.5, 0.6) is 0 Å². The van der Waals surface area contributed by atoms with Gasteiger partial charge >= 0.3 is 6.18 Å². The average Bonchev–Trinajstić information content (AvgIpc) is 2.26. The lowest BCUT2D eigenvalue weighted by Gasteiger charge is -2.35. The number of ether oxygens (including phenoxy) is 1. The van der Waals surface area contributed by atoms with Gasteiger partial charge in [0, 0.05) is 0 Å². The molecule has 1 rings (SSSR count). The quantitative estimate of drug-likeness (QED) is 0.817. The zero-order chi connectivity index (χ0) is 12.9. The molecule has 0 heterocycles. The van der Waals surface area contributed by atoms with E-state index in [-0.39, 0.29) is 12.0 Å². The van der Waals surface area contributed by atoms with Gasteiger partial charge in [-0.15, -0.1) is 0 Å². The molecule has 102 valence electrons. The summed E-state index contributed by atoms with van der Waals surface area (Å²) in [6.07, 6.45) is 0.285. The Kier molecular flexibility index (Phi) is 5.73. The summed E-state index contributed by atoms with van der Waals surface area (Å²) in [6.45, 7) is 1.37. The number of alkyl halides is 3. The lowest BCUT2D eigenvalue weighted by atomic mass is 9.78. The van der Waals surface area contributed by atoms with Gasteiger partial charge in [0.25, 0.3) is 0 Å². The Morgan fingerprint density at radius 2 is 2.00 bits per heavy atom. The molecule has 3 unspecified atom stereocenters. The normalized spacial score (nSPS) is 30.5. The summed E-state index contributed by atoms with van der Waals surface area (Å²) in [5.41, 5.74) is 5.59. The number of halogens is 3. The van der Waals surface area contributed by atoms with Crippen LogP contribution in [0.25, 0.3) is 0 Å². The maximum Gasteiger partial charge on any atom is 0.411 e. The van der Waals surface area contributed by atoms with Gasteiger partial charge in [-0.2, -0.15) is 13.2 Å². The van der Waals surface area contributed by atoms with Crippen LogP contribution in [0.3, 0.4) is 0 Å². The van der Waals surface area contributed by atoms with E-state index in [1.165, 1.54) is 0 Å². The van der Waals surface area contributed by atoms with Crippen LogP contribution in [-0.4, -0.2) is 25.4 Å². The first-order chi connectivity index (χ1) is 7.96. The molecule has 5 heteroatoms. The Bertz CT molecular complexity index is 220. The summed E-state index contributed by atoms with van der Waals surface area (Å²) in [5.74, 6) is 0.589. The first-order valence-electron chi connectivity index (χ1n) is 6.34. The molecule has 0 saturated heterocycles. The minimum absolute atomic E-state index is 0.0884. The first kappa shape index (κ1) is 14.8. The highest BCUT2D eigenvalue weighted by atomic mass is 19.4. The van der Waals surface area contributed by atoms with Gasteiger partial charge in [-0.25, -0.2) is 0 Å². The second kappa shape index (κ2) is 6.59. The molecular weight excluding hydrogens is 231 g/mol. The molecule has 1 aliphatic carbocycles. The Hall–Kier alpha value is -0.290. The van der Waals surface area contributed by atoms with Crippen LogP contribution in [0, 0.1) is 11.8 Å². The molecule has 2 N–H and O–H groups in total. The number of hydrogen-bond donors (Lipinski definition) is 1. The molecule has 2 nitrogen and oxygen atoms in total. The molecule has 0 aliphatic heterocycles. The lowest BCUT2D eigenvalue weighted by molar-refractivity contribution is -0.194. The van der Waals surface area contributed by atoms with Crippen LogP contribution in [0.1, 0.15) is 39.0 Å². The van der Waals surface area contributed by atoms with Crippen LogP contribution in [0.2, 0.25) is 0 Å². The summed E-state index contributed by atoms with van der Waals surface area (Å²) < 4.78 is 41.4. The first-order valence-corrected chi connectivity index (χ1v) is 6.34. The van der Waals surface area contributed by atoms with E-state index in [1.807, 2.05) is 0 Å². The third-order valence-electron chi connectivity index (χ3n) is 3.50. The van der Waals surface area contributed by atoms with Crippen LogP contribution >= 0.6 is 0 Å². The molecule has 0 aromatic carbocycles. The lowest BCUT2D eigenvalue weighted by Crippen LogP contribution is -2.38. The topological polar surface area (TPSA) is 35.2 Å². The van der Waals surface area contributed by atoms with Crippen molar-refractivity contribution < 1.29 is 17.9 Å². The fraction of sp³-hybridized carbons (Fsp3) is 1.00. The third-order valence-corrected chi connectivity index (χ3v) is 3.50. The van der Waals surface area contributed by atoms with E-state index < -0.39 is 12.8 Å². The smallest absolute Gasteiger partial charge is 0.368 e. The van der Waals surface area contributed by atoms with Gasteiger partial charge in [0.1, 0.15) is 6.61 Å². The Morgan fingerprint density at radius 1 is 1.29 bits per heavy atom. The molecule has 0 aromatic heterocycles. The Morgan fingerprint density at radius 3 is 2.53 bits per heavy atom. The van der Waals surface area contributed by atoms with Crippen molar-refractivity contribution in [2.45, 2.75) is 51.3 Å². The fourth-order valence-electron chi connectivity index (χ4n) is 2.62. The molecule has 1 aliphatic rings. The molecule has 0 radical (unpaired) electrons. The van der Waals surface area contributed by atoms with E-state index in [4.69, 9.17) is 10.5 Å². The highest BCUT2D eigenvalue weighted by Crippen LogP contribution is 2.34. The van der Waals surface area contributed by atoms with Crippen molar-refractivity contribution in [2.75, 3.05) is 13.2 Å². The average molecular weight is 253 g/mol. The summed E-state index contributed by atoms with van der Waals surface area (Å²) in [5, 5.41) is 0. The summed E-state index contributed by atoms with van der Waals surface area (Å²) in [4.78, 5) is 0. The molecule has 17 heavy (non-hydrogen) atoms. The van der Waals surface area contributed by atoms with Gasteiger partial charge in [0.15, 0.2) is 0 Å². The van der Waals surface area contributed by atoms with Crippen LogP contribution in [0.4, 0.5) is 13.2 Å². The van der Waals surface area contributed by atoms with Crippen molar-refractivity contribution in [2.24, 2.45) is 17.6 Å². The number of rotatable bonds is 5. The predicted molar refractivity (Wildman–Crippen MR) is 60.6 cm³/mol. The highest BCUT2D eigenvalue weighted by molar-refractivity contribution is 4.81. The van der Waals surface area contributed by atoms with E-state index in [1.54, 1.807) is 0 Å². The molecule has 0 spiro atoms. The maximum atomic E-state index is 12.1. The summed E-state index contributed by atoms with van der Waals surface area (Å²) in [6, 6.07) is 0. The Balaban J connectivity index is 2.45. The molecule has 0 bridgehead atoms. The van der Waals surface area contributed by atoms with E-state index in [0.29, 0.717) is 12.5 Å². The maximum absolute atomic E-state index is 12.1. The highest BCUT2D eigenvalue weighted by Gasteiger charge is 2.34. The third kappa shape index (κ3) is 5.25. The summed E-state index contributed by atoms with van der Waals surface area (Å²) >= 11 is 0. The Labute approximate surface area is 101 Å². The SMILES string of the molecule is CCCC1CCC(CN)C(OCC(F)(F)F)C1. The van der Waals surface area contributed by atoms with Gasteiger partial charge in [-0.1, -0.05) is 19.8 Å². The molecular formula is C12H22F3NO. The largest absolute Gasteiger partial charge is 0.411 e. The fourth-order valence-corrected chi connectivity index (χ4v) is 2.62. The van der Waals surface area contributed by atoms with Gasteiger partial charge in [-0.3, -0.25) is 0 Å².